The molecule has 8 heteroatoms. The highest BCUT2D eigenvalue weighted by atomic mass is 79.9. The van der Waals surface area contributed by atoms with Gasteiger partial charge in [-0.05, 0) is 42.0 Å². The maximum Gasteiger partial charge on any atom is 0.295 e. The van der Waals surface area contributed by atoms with Gasteiger partial charge in [0.15, 0.2) is 6.29 Å². The van der Waals surface area contributed by atoms with Crippen molar-refractivity contribution in [3.05, 3.63) is 69.7 Å². The predicted molar refractivity (Wildman–Crippen MR) is 114 cm³/mol. The molecule has 0 saturated carbocycles. The fourth-order valence-corrected chi connectivity index (χ4v) is 3.82. The van der Waals surface area contributed by atoms with Crippen LogP contribution in [0.15, 0.2) is 58.6 Å². The van der Waals surface area contributed by atoms with Gasteiger partial charge in [0, 0.05) is 24.3 Å². The first-order valence-electron chi connectivity index (χ1n) is 9.15. The number of halogens is 1. The summed E-state index contributed by atoms with van der Waals surface area (Å²) in [4.78, 5) is 27.2. The van der Waals surface area contributed by atoms with E-state index < -0.39 is 24.0 Å². The van der Waals surface area contributed by atoms with Crippen molar-refractivity contribution in [3.63, 3.8) is 0 Å². The number of Topliss-reactive ketones (excluding diaryl/α,β-unsaturated/α-hetero) is 1. The lowest BCUT2D eigenvalue weighted by atomic mass is 9.95. The van der Waals surface area contributed by atoms with E-state index in [9.17, 15) is 14.7 Å². The fourth-order valence-electron chi connectivity index (χ4n) is 3.40. The van der Waals surface area contributed by atoms with Gasteiger partial charge in [-0.15, -0.1) is 0 Å². The molecule has 0 aromatic heterocycles. The van der Waals surface area contributed by atoms with E-state index in [1.807, 2.05) is 6.07 Å². The van der Waals surface area contributed by atoms with Crippen LogP contribution in [-0.2, 0) is 19.1 Å². The molecule has 158 valence electrons. The number of hydrogen-bond donors (Lipinski definition) is 1. The van der Waals surface area contributed by atoms with E-state index in [4.69, 9.17) is 14.2 Å². The second-order valence-electron chi connectivity index (χ2n) is 6.64. The molecule has 1 aliphatic heterocycles. The zero-order chi connectivity index (χ0) is 21.8. The van der Waals surface area contributed by atoms with Crippen LogP contribution >= 0.6 is 15.9 Å². The van der Waals surface area contributed by atoms with Crippen molar-refractivity contribution in [2.45, 2.75) is 12.3 Å². The molecule has 0 aliphatic carbocycles. The first-order chi connectivity index (χ1) is 14.4. The number of nitrogens with zero attached hydrogens (tertiary/aromatic N) is 1. The van der Waals surface area contributed by atoms with Crippen LogP contribution in [0, 0.1) is 0 Å². The Labute approximate surface area is 183 Å². The van der Waals surface area contributed by atoms with Crippen LogP contribution in [0.2, 0.25) is 0 Å². The fraction of sp³-hybridized carbons (Fsp3) is 0.273. The van der Waals surface area contributed by atoms with Crippen LogP contribution in [0.4, 0.5) is 0 Å². The Morgan fingerprint density at radius 3 is 2.33 bits per heavy atom. The second-order valence-corrected chi connectivity index (χ2v) is 7.55. The second kappa shape index (κ2) is 9.42. The highest BCUT2D eigenvalue weighted by Crippen LogP contribution is 2.40. The van der Waals surface area contributed by atoms with Crippen molar-refractivity contribution in [2.75, 3.05) is 27.9 Å². The molecular weight excluding hydrogens is 454 g/mol. The number of carbonyl (C=O) groups is 2. The topological polar surface area (TPSA) is 85.3 Å². The quantitative estimate of drug-likeness (QED) is 0.285. The predicted octanol–water partition coefficient (Wildman–Crippen LogP) is 3.50. The molecule has 1 unspecified atom stereocenters. The van der Waals surface area contributed by atoms with Crippen molar-refractivity contribution in [3.8, 4) is 5.75 Å². The average Bonchev–Trinajstić information content (AvgIpc) is 3.01. The van der Waals surface area contributed by atoms with Gasteiger partial charge in [-0.25, -0.2) is 0 Å². The molecule has 7 nitrogen and oxygen atoms in total. The Balaban J connectivity index is 2.15. The molecule has 30 heavy (non-hydrogen) atoms. The summed E-state index contributed by atoms with van der Waals surface area (Å²) in [5, 5.41) is 11.0. The molecule has 1 saturated heterocycles. The lowest BCUT2D eigenvalue weighted by Gasteiger charge is -2.28. The SMILES string of the molecule is COc1ccc(C(O)=C2C(=O)C(=O)N(CC(OC)OC)C2c2cccc(Br)c2)cc1. The van der Waals surface area contributed by atoms with Crippen LogP contribution in [-0.4, -0.2) is 55.9 Å². The van der Waals surface area contributed by atoms with E-state index in [1.54, 1.807) is 42.5 Å². The standard InChI is InChI=1S/C22H22BrNO6/c1-28-16-9-7-13(8-10-16)20(25)18-19(14-5-4-6-15(23)11-14)24(22(27)21(18)26)12-17(29-2)30-3/h4-11,17,19,25H,12H2,1-3H3. The Morgan fingerprint density at radius 2 is 1.77 bits per heavy atom. The Bertz CT molecular complexity index is 968. The van der Waals surface area contributed by atoms with Gasteiger partial charge in [-0.2, -0.15) is 0 Å². The third-order valence-electron chi connectivity index (χ3n) is 4.94. The molecule has 3 rings (SSSR count). The molecule has 1 heterocycles. The summed E-state index contributed by atoms with van der Waals surface area (Å²) in [6.45, 7) is 0.0220. The largest absolute Gasteiger partial charge is 0.507 e. The first-order valence-corrected chi connectivity index (χ1v) is 9.94. The van der Waals surface area contributed by atoms with Gasteiger partial charge in [-0.3, -0.25) is 9.59 Å². The minimum absolute atomic E-state index is 0.00854. The summed E-state index contributed by atoms with van der Waals surface area (Å²) in [6, 6.07) is 13.1. The van der Waals surface area contributed by atoms with Crippen LogP contribution in [0.3, 0.4) is 0 Å². The van der Waals surface area contributed by atoms with E-state index in [0.717, 1.165) is 4.47 Å². The van der Waals surface area contributed by atoms with Gasteiger partial charge < -0.3 is 24.2 Å². The Morgan fingerprint density at radius 1 is 1.10 bits per heavy atom. The van der Waals surface area contributed by atoms with Gasteiger partial charge >= 0.3 is 0 Å². The average molecular weight is 476 g/mol. The summed E-state index contributed by atoms with van der Waals surface area (Å²) in [6.07, 6.45) is -0.723. The highest BCUT2D eigenvalue weighted by molar-refractivity contribution is 9.10. The monoisotopic (exact) mass is 475 g/mol. The number of amides is 1. The number of carbonyl (C=O) groups excluding carboxylic acids is 2. The van der Waals surface area contributed by atoms with Crippen molar-refractivity contribution in [1.82, 2.24) is 4.90 Å². The zero-order valence-electron chi connectivity index (χ0n) is 16.8. The molecule has 1 atom stereocenters. The minimum Gasteiger partial charge on any atom is -0.507 e. The number of benzene rings is 2. The molecule has 2 aromatic rings. The number of ether oxygens (including phenoxy) is 3. The van der Waals surface area contributed by atoms with E-state index in [0.29, 0.717) is 16.9 Å². The molecule has 1 aliphatic rings. The number of rotatable bonds is 7. The minimum atomic E-state index is -0.794. The molecule has 2 aromatic carbocycles. The lowest BCUT2D eigenvalue weighted by Crippen LogP contribution is -2.38. The summed E-state index contributed by atoms with van der Waals surface area (Å²) in [5.41, 5.74) is 1.09. The van der Waals surface area contributed by atoms with Gasteiger partial charge in [0.1, 0.15) is 11.5 Å². The summed E-state index contributed by atoms with van der Waals surface area (Å²) in [5.74, 6) is -1.14. The molecule has 1 N–H and O–H groups in total. The molecule has 0 radical (unpaired) electrons. The summed E-state index contributed by atoms with van der Waals surface area (Å²) >= 11 is 3.43. The summed E-state index contributed by atoms with van der Waals surface area (Å²) in [7, 11) is 4.45. The number of methoxy groups -OCH3 is 3. The highest BCUT2D eigenvalue weighted by Gasteiger charge is 2.46. The molecule has 1 amide bonds. The van der Waals surface area contributed by atoms with Gasteiger partial charge in [-0.1, -0.05) is 28.1 Å². The smallest absolute Gasteiger partial charge is 0.295 e. The lowest BCUT2D eigenvalue weighted by molar-refractivity contribution is -0.149. The maximum absolute atomic E-state index is 13.0. The zero-order valence-corrected chi connectivity index (χ0v) is 18.4. The van der Waals surface area contributed by atoms with E-state index in [1.165, 1.54) is 26.2 Å². The molecule has 0 spiro atoms. The first kappa shape index (κ1) is 22.0. The van der Waals surface area contributed by atoms with Crippen LogP contribution in [0.5, 0.6) is 5.75 Å². The Kier molecular flexibility index (Phi) is 6.91. The number of likely N-dealkylation sites (tertiary alicyclic amines) is 1. The van der Waals surface area contributed by atoms with Crippen molar-refractivity contribution >= 4 is 33.4 Å². The van der Waals surface area contributed by atoms with Gasteiger partial charge in [0.25, 0.3) is 11.7 Å². The number of hydrogen-bond acceptors (Lipinski definition) is 6. The number of aliphatic hydroxyl groups is 1. The third kappa shape index (κ3) is 4.26. The van der Waals surface area contributed by atoms with Crippen LogP contribution in [0.25, 0.3) is 5.76 Å². The third-order valence-corrected chi connectivity index (χ3v) is 5.43. The van der Waals surface area contributed by atoms with Gasteiger partial charge in [0.05, 0.1) is 25.3 Å². The van der Waals surface area contributed by atoms with Crippen molar-refractivity contribution in [1.29, 1.82) is 0 Å². The number of ketones is 1. The van der Waals surface area contributed by atoms with Gasteiger partial charge in [0.2, 0.25) is 0 Å². The van der Waals surface area contributed by atoms with Crippen LogP contribution < -0.4 is 4.74 Å². The maximum atomic E-state index is 13.0. The normalized spacial score (nSPS) is 18.3. The van der Waals surface area contributed by atoms with Crippen molar-refractivity contribution in [2.24, 2.45) is 0 Å². The Hall–Kier alpha value is -2.68. The number of aliphatic hydroxyl groups excluding tert-OH is 1. The van der Waals surface area contributed by atoms with Crippen LogP contribution in [0.1, 0.15) is 17.2 Å². The molecular formula is C22H22BrNO6. The van der Waals surface area contributed by atoms with E-state index in [2.05, 4.69) is 15.9 Å². The molecule has 1 fully saturated rings. The summed E-state index contributed by atoms with van der Waals surface area (Å²) < 4.78 is 16.4. The van der Waals surface area contributed by atoms with E-state index >= 15 is 0 Å². The molecule has 0 bridgehead atoms. The van der Waals surface area contributed by atoms with E-state index in [-0.39, 0.29) is 17.9 Å². The van der Waals surface area contributed by atoms with Crippen molar-refractivity contribution < 1.29 is 28.9 Å².